The second kappa shape index (κ2) is 12.5. The number of anilines is 3. The van der Waals surface area contributed by atoms with Gasteiger partial charge in [-0.05, 0) is 68.3 Å². The van der Waals surface area contributed by atoms with Gasteiger partial charge in [0.15, 0.2) is 13.9 Å². The van der Waals surface area contributed by atoms with Crippen LogP contribution < -0.4 is 14.7 Å². The number of aliphatic hydroxyl groups excluding tert-OH is 1. The number of fused-ring (bicyclic) bond motifs is 2. The Bertz CT molecular complexity index is 1720. The van der Waals surface area contributed by atoms with Gasteiger partial charge in [0, 0.05) is 80.1 Å². The molecule has 2 N–H and O–H groups in total. The zero-order chi connectivity index (χ0) is 33.8. The third-order valence-electron chi connectivity index (χ3n) is 10.6. The van der Waals surface area contributed by atoms with E-state index in [2.05, 4.69) is 10.3 Å². The van der Waals surface area contributed by atoms with Crippen molar-refractivity contribution in [1.29, 1.82) is 0 Å². The van der Waals surface area contributed by atoms with E-state index in [1.165, 1.54) is 0 Å². The third kappa shape index (κ3) is 5.56. The van der Waals surface area contributed by atoms with Crippen LogP contribution in [0.15, 0.2) is 48.7 Å². The topological polar surface area (TPSA) is 141 Å². The first-order chi connectivity index (χ1) is 23.0. The van der Waals surface area contributed by atoms with Crippen LogP contribution in [0, 0.1) is 5.92 Å². The Morgan fingerprint density at radius 3 is 2.27 bits per heavy atom. The fraction of sp³-hybridized carbons (Fsp3) is 0.514. The Kier molecular flexibility index (Phi) is 8.51. The molecule has 7 rings (SSSR count). The van der Waals surface area contributed by atoms with Crippen LogP contribution in [0.5, 0.6) is 0 Å². The lowest BCUT2D eigenvalue weighted by Gasteiger charge is -2.32. The molecule has 4 atom stereocenters. The molecule has 3 aromatic rings. The average molecular weight is 673 g/mol. The van der Waals surface area contributed by atoms with E-state index in [-0.39, 0.29) is 35.8 Å². The summed E-state index contributed by atoms with van der Waals surface area (Å²) in [6, 6.07) is 13.6. The zero-order valence-corrected chi connectivity index (χ0v) is 28.8. The number of aliphatic hydroxyl groups is 1. The van der Waals surface area contributed by atoms with Gasteiger partial charge in [-0.15, -0.1) is 5.10 Å². The van der Waals surface area contributed by atoms with Gasteiger partial charge in [-0.1, -0.05) is 24.3 Å². The molecule has 13 heteroatoms. The van der Waals surface area contributed by atoms with Gasteiger partial charge in [-0.2, -0.15) is 0 Å². The highest BCUT2D eigenvalue weighted by Crippen LogP contribution is 2.60. The quantitative estimate of drug-likeness (QED) is 0.312. The van der Waals surface area contributed by atoms with Gasteiger partial charge in [-0.3, -0.25) is 19.1 Å². The Hall–Kier alpha value is -3.91. The molecule has 5 heterocycles. The molecule has 4 aliphatic rings. The largest absolute Gasteiger partial charge is 0.432 e. The van der Waals surface area contributed by atoms with E-state index in [0.717, 1.165) is 41.0 Å². The van der Waals surface area contributed by atoms with E-state index in [9.17, 15) is 24.3 Å². The molecule has 0 radical (unpaired) electrons. The maximum absolute atomic E-state index is 14.9. The van der Waals surface area contributed by atoms with E-state index in [1.807, 2.05) is 68.7 Å². The van der Waals surface area contributed by atoms with Crippen molar-refractivity contribution in [3.63, 3.8) is 0 Å². The Morgan fingerprint density at radius 2 is 1.65 bits per heavy atom. The predicted molar refractivity (Wildman–Crippen MR) is 182 cm³/mol. The van der Waals surface area contributed by atoms with Crippen molar-refractivity contribution in [3.05, 3.63) is 65.5 Å². The molecule has 0 bridgehead atoms. The monoisotopic (exact) mass is 672 g/mol. The number of amides is 3. The Morgan fingerprint density at radius 1 is 0.979 bits per heavy atom. The average Bonchev–Trinajstić information content (AvgIpc) is 3.88. The maximum atomic E-state index is 14.9. The minimum atomic E-state index is -2.88. The van der Waals surface area contributed by atoms with Gasteiger partial charge < -0.3 is 29.3 Å². The standard InChI is InChI=1S/C35H44N6O6Si/c1-23-33(48(2,3)46)30(14-18-38-22-25(15-19-42)36-37-38)47-35(23)28-20-27(40-17-5-7-32(40)44)12-13-29(28)41(34(35)45)21-24-8-10-26(11-9-24)39-16-4-6-31(39)43/h8-13,20,22-23,30,33,42,46H,4-7,14-19,21H2,1-3H3/t23-,30+,33-,35+/m0/s1. The number of carbonyl (C=O) groups excluding carboxylic acids is 3. The van der Waals surface area contributed by atoms with Gasteiger partial charge in [0.1, 0.15) is 0 Å². The molecule has 3 fully saturated rings. The van der Waals surface area contributed by atoms with Crippen molar-refractivity contribution in [1.82, 2.24) is 15.0 Å². The minimum absolute atomic E-state index is 0.0118. The van der Waals surface area contributed by atoms with Gasteiger partial charge >= 0.3 is 0 Å². The summed E-state index contributed by atoms with van der Waals surface area (Å²) in [6.07, 6.45) is 5.01. The zero-order valence-electron chi connectivity index (χ0n) is 27.8. The van der Waals surface area contributed by atoms with Crippen molar-refractivity contribution in [2.45, 2.75) is 88.9 Å². The first-order valence-electron chi connectivity index (χ1n) is 17.1. The number of benzene rings is 2. The summed E-state index contributed by atoms with van der Waals surface area (Å²) < 4.78 is 8.74. The number of ether oxygens (including phenoxy) is 1. The fourth-order valence-corrected chi connectivity index (χ4v) is 11.0. The van der Waals surface area contributed by atoms with Crippen LogP contribution in [0.2, 0.25) is 18.6 Å². The van der Waals surface area contributed by atoms with Gasteiger partial charge in [0.25, 0.3) is 5.91 Å². The van der Waals surface area contributed by atoms with Crippen LogP contribution in [0.4, 0.5) is 17.1 Å². The number of rotatable bonds is 10. The summed E-state index contributed by atoms with van der Waals surface area (Å²) in [4.78, 5) is 57.1. The lowest BCUT2D eigenvalue weighted by atomic mass is 9.82. The number of hydrogen-bond donors (Lipinski definition) is 2. The van der Waals surface area contributed by atoms with E-state index in [4.69, 9.17) is 4.74 Å². The van der Waals surface area contributed by atoms with E-state index in [0.29, 0.717) is 57.6 Å². The molecule has 48 heavy (non-hydrogen) atoms. The first kappa shape index (κ1) is 32.6. The molecular formula is C35H44N6O6Si. The highest BCUT2D eigenvalue weighted by Gasteiger charge is 2.66. The van der Waals surface area contributed by atoms with Crippen molar-refractivity contribution in [2.24, 2.45) is 5.92 Å². The molecule has 3 saturated heterocycles. The number of hydrogen-bond acceptors (Lipinski definition) is 8. The second-order valence-electron chi connectivity index (χ2n) is 14.2. The van der Waals surface area contributed by atoms with Crippen molar-refractivity contribution < 1.29 is 29.0 Å². The highest BCUT2D eigenvalue weighted by molar-refractivity contribution is 6.71. The minimum Gasteiger partial charge on any atom is -0.432 e. The molecule has 4 aliphatic heterocycles. The smallest absolute Gasteiger partial charge is 0.264 e. The lowest BCUT2D eigenvalue weighted by Crippen LogP contribution is -2.46. The van der Waals surface area contributed by atoms with E-state index < -0.39 is 20.0 Å². The van der Waals surface area contributed by atoms with E-state index in [1.54, 1.807) is 19.4 Å². The summed E-state index contributed by atoms with van der Waals surface area (Å²) in [7, 11) is -2.88. The summed E-state index contributed by atoms with van der Waals surface area (Å²) in [5, 5.41) is 17.7. The van der Waals surface area contributed by atoms with Crippen LogP contribution >= 0.6 is 0 Å². The maximum Gasteiger partial charge on any atom is 0.264 e. The molecule has 1 spiro atoms. The summed E-state index contributed by atoms with van der Waals surface area (Å²) >= 11 is 0. The van der Waals surface area contributed by atoms with Crippen LogP contribution in [-0.4, -0.2) is 76.7 Å². The molecule has 3 amide bonds. The molecule has 12 nitrogen and oxygen atoms in total. The predicted octanol–water partition coefficient (Wildman–Crippen LogP) is 3.50. The van der Waals surface area contributed by atoms with Gasteiger partial charge in [0.05, 0.1) is 24.0 Å². The normalized spacial score (nSPS) is 25.7. The molecule has 0 saturated carbocycles. The summed E-state index contributed by atoms with van der Waals surface area (Å²) in [5.74, 6) is -0.332. The van der Waals surface area contributed by atoms with E-state index >= 15 is 0 Å². The summed E-state index contributed by atoms with van der Waals surface area (Å²) in [5.41, 5.74) is 3.09. The number of aromatic nitrogens is 3. The fourth-order valence-electron chi connectivity index (χ4n) is 8.40. The first-order valence-corrected chi connectivity index (χ1v) is 20.1. The lowest BCUT2D eigenvalue weighted by molar-refractivity contribution is -0.146. The van der Waals surface area contributed by atoms with Crippen LogP contribution in [0.1, 0.15) is 55.8 Å². The SMILES string of the molecule is C[C@H]1[C@H]([Si](C)(C)O)[C@@H](CCn2cc(CCO)nn2)O[C@]12C(=O)N(Cc1ccc(N3CCCC3=O)cc1)c1ccc(N3CCCC3=O)cc12. The van der Waals surface area contributed by atoms with Crippen molar-refractivity contribution >= 4 is 43.1 Å². The van der Waals surface area contributed by atoms with Crippen molar-refractivity contribution in [3.8, 4) is 0 Å². The van der Waals surface area contributed by atoms with Crippen LogP contribution in [-0.2, 0) is 44.2 Å². The van der Waals surface area contributed by atoms with Gasteiger partial charge in [-0.25, -0.2) is 0 Å². The summed E-state index contributed by atoms with van der Waals surface area (Å²) in [6.45, 7) is 7.94. The molecular weight excluding hydrogens is 629 g/mol. The van der Waals surface area contributed by atoms with Crippen LogP contribution in [0.3, 0.4) is 0 Å². The number of aryl methyl sites for hydroxylation is 1. The Labute approximate surface area is 281 Å². The highest BCUT2D eigenvalue weighted by atomic mass is 28.4. The molecule has 0 unspecified atom stereocenters. The van der Waals surface area contributed by atoms with Crippen LogP contribution in [0.25, 0.3) is 0 Å². The molecule has 1 aromatic heterocycles. The second-order valence-corrected chi connectivity index (χ2v) is 18.1. The molecule has 254 valence electrons. The number of carbonyl (C=O) groups is 3. The molecule has 0 aliphatic carbocycles. The molecule has 2 aromatic carbocycles. The van der Waals surface area contributed by atoms with Gasteiger partial charge in [0.2, 0.25) is 11.8 Å². The number of nitrogens with zero attached hydrogens (tertiary/aromatic N) is 6. The third-order valence-corrected chi connectivity index (χ3v) is 13.1. The van der Waals surface area contributed by atoms with Crippen molar-refractivity contribution in [2.75, 3.05) is 34.4 Å². The Balaban J connectivity index is 1.24.